The summed E-state index contributed by atoms with van der Waals surface area (Å²) in [6, 6.07) is 8.21. The molecule has 2 aliphatic rings. The quantitative estimate of drug-likeness (QED) is 0.546. The number of likely N-dealkylation sites (N-methyl/N-ethyl adjacent to an activating group) is 1. The van der Waals surface area contributed by atoms with Crippen LogP contribution in [0.1, 0.15) is 49.8 Å². The van der Waals surface area contributed by atoms with Gasteiger partial charge >= 0.3 is 0 Å². The highest BCUT2D eigenvalue weighted by Crippen LogP contribution is 2.35. The summed E-state index contributed by atoms with van der Waals surface area (Å²) >= 11 is 0. The molecule has 1 heterocycles. The molecule has 4 rings (SSSR count). The van der Waals surface area contributed by atoms with Crippen LogP contribution in [-0.4, -0.2) is 48.3 Å². The Morgan fingerprint density at radius 3 is 2.33 bits per heavy atom. The molecule has 2 unspecified atom stereocenters. The van der Waals surface area contributed by atoms with E-state index in [1.807, 2.05) is 12.1 Å². The largest absolute Gasteiger partial charge is 0.343 e. The highest BCUT2D eigenvalue weighted by molar-refractivity contribution is 6.00. The number of fused-ring (bicyclic) bond motifs is 1. The lowest BCUT2D eigenvalue weighted by atomic mass is 9.89. The molecule has 1 saturated carbocycles. The molecule has 3 atom stereocenters. The average molecular weight is 499 g/mol. The van der Waals surface area contributed by atoms with E-state index in [2.05, 4.69) is 16.0 Å². The zero-order valence-corrected chi connectivity index (χ0v) is 20.5. The van der Waals surface area contributed by atoms with Crippen LogP contribution in [0.4, 0.5) is 14.5 Å². The molecule has 0 aromatic heterocycles. The summed E-state index contributed by atoms with van der Waals surface area (Å²) in [6.45, 7) is 1.95. The molecule has 0 saturated heterocycles. The monoisotopic (exact) mass is 498 g/mol. The van der Waals surface area contributed by atoms with Crippen molar-refractivity contribution in [3.8, 4) is 0 Å². The van der Waals surface area contributed by atoms with Crippen molar-refractivity contribution in [2.24, 2.45) is 5.92 Å². The molecular formula is C27H32F2N4O3. The normalized spacial score (nSPS) is 19.3. The number of nitrogens with zero attached hydrogens (tertiary/aromatic N) is 1. The number of halogens is 2. The summed E-state index contributed by atoms with van der Waals surface area (Å²) in [5.41, 5.74) is 0.939. The van der Waals surface area contributed by atoms with Gasteiger partial charge in [0.05, 0.1) is 6.04 Å². The van der Waals surface area contributed by atoms with E-state index >= 15 is 0 Å². The van der Waals surface area contributed by atoms with Gasteiger partial charge in [-0.05, 0) is 62.4 Å². The Morgan fingerprint density at radius 2 is 1.67 bits per heavy atom. The Labute approximate surface area is 209 Å². The highest BCUT2D eigenvalue weighted by Gasteiger charge is 2.42. The zero-order valence-electron chi connectivity index (χ0n) is 20.5. The van der Waals surface area contributed by atoms with Gasteiger partial charge in [0.2, 0.25) is 11.8 Å². The molecule has 9 heteroatoms. The van der Waals surface area contributed by atoms with Crippen LogP contribution in [0.5, 0.6) is 0 Å². The summed E-state index contributed by atoms with van der Waals surface area (Å²) in [6.07, 6.45) is 4.05. The van der Waals surface area contributed by atoms with Gasteiger partial charge in [-0.15, -0.1) is 0 Å². The maximum atomic E-state index is 14.3. The van der Waals surface area contributed by atoms with Crippen LogP contribution >= 0.6 is 0 Å². The number of hydrogen-bond donors (Lipinski definition) is 3. The SMILES string of the molecule is CNC(C)C(=O)NC(C(=O)N1CCc2ccccc2[C@H]1C(=O)Nc1c(F)cccc1F)C1CCCC1. The second-order valence-corrected chi connectivity index (χ2v) is 9.51. The van der Waals surface area contributed by atoms with Gasteiger partial charge in [-0.25, -0.2) is 8.78 Å². The molecule has 0 bridgehead atoms. The molecule has 192 valence electrons. The molecule has 3 N–H and O–H groups in total. The van der Waals surface area contributed by atoms with Gasteiger partial charge in [0.25, 0.3) is 5.91 Å². The molecule has 0 spiro atoms. The molecule has 1 fully saturated rings. The predicted octanol–water partition coefficient (Wildman–Crippen LogP) is 3.31. The predicted molar refractivity (Wildman–Crippen MR) is 132 cm³/mol. The van der Waals surface area contributed by atoms with Crippen LogP contribution < -0.4 is 16.0 Å². The minimum Gasteiger partial charge on any atom is -0.343 e. The molecule has 2 aromatic rings. The Hall–Kier alpha value is -3.33. The van der Waals surface area contributed by atoms with E-state index in [1.165, 1.54) is 11.0 Å². The van der Waals surface area contributed by atoms with Gasteiger partial charge in [-0.3, -0.25) is 14.4 Å². The summed E-state index contributed by atoms with van der Waals surface area (Å²) in [5, 5.41) is 8.17. The Balaban J connectivity index is 1.68. The number of hydrogen-bond acceptors (Lipinski definition) is 4. The first kappa shape index (κ1) is 25.8. The Bertz CT molecular complexity index is 1120. The maximum absolute atomic E-state index is 14.3. The van der Waals surface area contributed by atoms with Crippen molar-refractivity contribution in [1.29, 1.82) is 0 Å². The smallest absolute Gasteiger partial charge is 0.251 e. The van der Waals surface area contributed by atoms with E-state index in [4.69, 9.17) is 0 Å². The summed E-state index contributed by atoms with van der Waals surface area (Å²) < 4.78 is 28.7. The van der Waals surface area contributed by atoms with Crippen molar-refractivity contribution in [3.05, 3.63) is 65.2 Å². The molecule has 1 aliphatic carbocycles. The molecule has 2 aromatic carbocycles. The van der Waals surface area contributed by atoms with Crippen LogP contribution in [0.15, 0.2) is 42.5 Å². The van der Waals surface area contributed by atoms with Crippen molar-refractivity contribution >= 4 is 23.4 Å². The van der Waals surface area contributed by atoms with Crippen molar-refractivity contribution in [1.82, 2.24) is 15.5 Å². The number of benzene rings is 2. The molecular weight excluding hydrogens is 466 g/mol. The Kier molecular flexibility index (Phi) is 7.98. The van der Waals surface area contributed by atoms with Crippen LogP contribution in [0.2, 0.25) is 0 Å². The third kappa shape index (κ3) is 5.26. The first-order valence-corrected chi connectivity index (χ1v) is 12.4. The number of nitrogens with one attached hydrogen (secondary N) is 3. The van der Waals surface area contributed by atoms with Crippen molar-refractivity contribution in [2.45, 2.75) is 57.2 Å². The third-order valence-corrected chi connectivity index (χ3v) is 7.29. The fourth-order valence-electron chi connectivity index (χ4n) is 5.16. The molecule has 0 radical (unpaired) electrons. The minimum absolute atomic E-state index is 0.0459. The van der Waals surface area contributed by atoms with E-state index in [0.29, 0.717) is 12.0 Å². The number of carbonyl (C=O) groups is 3. The molecule has 36 heavy (non-hydrogen) atoms. The van der Waals surface area contributed by atoms with Gasteiger partial charge in [0, 0.05) is 6.54 Å². The lowest BCUT2D eigenvalue weighted by Gasteiger charge is -2.39. The second kappa shape index (κ2) is 11.2. The van der Waals surface area contributed by atoms with Crippen LogP contribution in [0.3, 0.4) is 0 Å². The number of para-hydroxylation sites is 1. The first-order chi connectivity index (χ1) is 17.3. The van der Waals surface area contributed by atoms with Crippen molar-refractivity contribution < 1.29 is 23.2 Å². The van der Waals surface area contributed by atoms with E-state index < -0.39 is 41.4 Å². The molecule has 3 amide bonds. The summed E-state index contributed by atoms with van der Waals surface area (Å²) in [7, 11) is 1.67. The lowest BCUT2D eigenvalue weighted by Crippen LogP contribution is -2.57. The summed E-state index contributed by atoms with van der Waals surface area (Å²) in [4.78, 5) is 41.7. The van der Waals surface area contributed by atoms with E-state index in [1.54, 1.807) is 26.1 Å². The van der Waals surface area contributed by atoms with Gasteiger partial charge in [-0.2, -0.15) is 0 Å². The van der Waals surface area contributed by atoms with Crippen LogP contribution in [-0.2, 0) is 20.8 Å². The molecule has 1 aliphatic heterocycles. The van der Waals surface area contributed by atoms with Crippen molar-refractivity contribution in [2.75, 3.05) is 18.9 Å². The van der Waals surface area contributed by atoms with E-state index in [0.717, 1.165) is 43.4 Å². The third-order valence-electron chi connectivity index (χ3n) is 7.29. The fourth-order valence-corrected chi connectivity index (χ4v) is 5.16. The maximum Gasteiger partial charge on any atom is 0.251 e. The van der Waals surface area contributed by atoms with Crippen LogP contribution in [0.25, 0.3) is 0 Å². The highest BCUT2D eigenvalue weighted by atomic mass is 19.1. The van der Waals surface area contributed by atoms with Crippen molar-refractivity contribution in [3.63, 3.8) is 0 Å². The van der Waals surface area contributed by atoms with Gasteiger partial charge < -0.3 is 20.9 Å². The number of rotatable bonds is 7. The van der Waals surface area contributed by atoms with Crippen LogP contribution in [0, 0.1) is 17.6 Å². The van der Waals surface area contributed by atoms with Gasteiger partial charge in [0.1, 0.15) is 29.4 Å². The molecule has 7 nitrogen and oxygen atoms in total. The lowest BCUT2D eigenvalue weighted by molar-refractivity contribution is -0.144. The number of anilines is 1. The average Bonchev–Trinajstić information content (AvgIpc) is 3.42. The number of carbonyl (C=O) groups excluding carboxylic acids is 3. The second-order valence-electron chi connectivity index (χ2n) is 9.51. The first-order valence-electron chi connectivity index (χ1n) is 12.4. The van der Waals surface area contributed by atoms with E-state index in [-0.39, 0.29) is 24.3 Å². The van der Waals surface area contributed by atoms with Gasteiger partial charge in [-0.1, -0.05) is 43.2 Å². The summed E-state index contributed by atoms with van der Waals surface area (Å²) in [5.74, 6) is -3.21. The van der Waals surface area contributed by atoms with E-state index in [9.17, 15) is 23.2 Å². The standard InChI is InChI=1S/C27H32F2N4O3/c1-16(30-2)25(34)31-22(18-9-3-4-10-18)27(36)33-15-14-17-8-5-6-11-19(17)24(33)26(35)32-23-20(28)12-7-13-21(23)29/h5-8,11-13,16,18,22,24,30H,3-4,9-10,14-15H2,1-2H3,(H,31,34)(H,32,35)/t16?,22?,24-/m0/s1. The Morgan fingerprint density at radius 1 is 1.00 bits per heavy atom. The fraction of sp³-hybridized carbons (Fsp3) is 0.444. The number of amides is 3. The topological polar surface area (TPSA) is 90.5 Å². The van der Waals surface area contributed by atoms with Gasteiger partial charge in [0.15, 0.2) is 0 Å². The zero-order chi connectivity index (χ0) is 25.8. The minimum atomic E-state index is -1.09.